The van der Waals surface area contributed by atoms with Gasteiger partial charge in [0.2, 0.25) is 0 Å². The second-order valence-corrected chi connectivity index (χ2v) is 15.4. The normalized spacial score (nSPS) is 18.0. The van der Waals surface area contributed by atoms with Crippen LogP contribution in [0.5, 0.6) is 0 Å². The van der Waals surface area contributed by atoms with E-state index in [0.717, 1.165) is 63.0 Å². The molecule has 4 aromatic rings. The number of halogens is 2. The van der Waals surface area contributed by atoms with Gasteiger partial charge in [0.25, 0.3) is 0 Å². The molecule has 10 heteroatoms. The van der Waals surface area contributed by atoms with Crippen LogP contribution in [0.25, 0.3) is 0 Å². The van der Waals surface area contributed by atoms with Crippen LogP contribution in [0.1, 0.15) is 74.0 Å². The first kappa shape index (κ1) is 41.4. The molecule has 0 saturated carbocycles. The van der Waals surface area contributed by atoms with Gasteiger partial charge in [-0.2, -0.15) is 0 Å². The van der Waals surface area contributed by atoms with E-state index in [2.05, 4.69) is 34.1 Å². The fourth-order valence-electron chi connectivity index (χ4n) is 7.56. The molecule has 4 aromatic carbocycles. The van der Waals surface area contributed by atoms with E-state index >= 15 is 0 Å². The van der Waals surface area contributed by atoms with Crippen molar-refractivity contribution in [2.75, 3.05) is 52.5 Å². The number of nitrogens with zero attached hydrogens (tertiary/aromatic N) is 2. The standard InChI is InChI=1S/C24H28ClNO4.C20H24ClNO2/c1-18(27)29-17-24(21-6-4-3-5-7-21)12-14-26(15-13-24)16-23(30-19(2)28)20-8-10-22(25)11-9-20;21-18-8-6-16(7-9-18)19(24)14-22-12-10-20(15-23,11-13-22)17-4-2-1-3-5-17/h3-11,23H,12-17H2,1-2H3;1-9,19,23-24H,10-15H2. The number of carbonyl (C=O) groups is 2. The number of likely N-dealkylation sites (tertiary alicyclic amines) is 2. The molecular weight excluding hydrogens is 723 g/mol. The Morgan fingerprint density at radius 1 is 0.648 bits per heavy atom. The highest BCUT2D eigenvalue weighted by Crippen LogP contribution is 2.38. The van der Waals surface area contributed by atoms with Crippen LogP contribution >= 0.6 is 23.2 Å². The predicted molar refractivity (Wildman–Crippen MR) is 214 cm³/mol. The highest BCUT2D eigenvalue weighted by Gasteiger charge is 2.38. The maximum absolute atomic E-state index is 11.7. The summed E-state index contributed by atoms with van der Waals surface area (Å²) in [5.74, 6) is -0.564. The van der Waals surface area contributed by atoms with Crippen molar-refractivity contribution in [1.29, 1.82) is 0 Å². The predicted octanol–water partition coefficient (Wildman–Crippen LogP) is 7.94. The van der Waals surface area contributed by atoms with Crippen LogP contribution in [-0.2, 0) is 29.9 Å². The molecule has 2 aliphatic rings. The van der Waals surface area contributed by atoms with Crippen molar-refractivity contribution < 1.29 is 29.3 Å². The number of esters is 2. The molecule has 2 aliphatic heterocycles. The van der Waals surface area contributed by atoms with E-state index in [-0.39, 0.29) is 35.5 Å². The maximum Gasteiger partial charge on any atom is 0.303 e. The van der Waals surface area contributed by atoms with Gasteiger partial charge < -0.3 is 24.6 Å². The summed E-state index contributed by atoms with van der Waals surface area (Å²) >= 11 is 11.9. The van der Waals surface area contributed by atoms with Crippen molar-refractivity contribution in [3.63, 3.8) is 0 Å². The van der Waals surface area contributed by atoms with Crippen LogP contribution in [0, 0.1) is 0 Å². The van der Waals surface area contributed by atoms with E-state index in [9.17, 15) is 19.8 Å². The smallest absolute Gasteiger partial charge is 0.303 e. The number of hydrogen-bond acceptors (Lipinski definition) is 8. The molecule has 0 aromatic heterocycles. The van der Waals surface area contributed by atoms with E-state index < -0.39 is 6.10 Å². The summed E-state index contributed by atoms with van der Waals surface area (Å²) in [7, 11) is 0. The summed E-state index contributed by atoms with van der Waals surface area (Å²) in [5, 5.41) is 21.8. The average Bonchev–Trinajstić information content (AvgIpc) is 3.19. The Kier molecular flexibility index (Phi) is 15.1. The number of aliphatic hydroxyl groups excluding tert-OH is 2. The monoisotopic (exact) mass is 774 g/mol. The Morgan fingerprint density at radius 3 is 1.56 bits per heavy atom. The number of piperidine rings is 2. The lowest BCUT2D eigenvalue weighted by atomic mass is 9.73. The summed E-state index contributed by atoms with van der Waals surface area (Å²) < 4.78 is 11.1. The van der Waals surface area contributed by atoms with Gasteiger partial charge >= 0.3 is 11.9 Å². The van der Waals surface area contributed by atoms with Gasteiger partial charge in [-0.3, -0.25) is 14.5 Å². The van der Waals surface area contributed by atoms with Crippen LogP contribution < -0.4 is 0 Å². The van der Waals surface area contributed by atoms with Crippen LogP contribution in [0.15, 0.2) is 109 Å². The van der Waals surface area contributed by atoms with Gasteiger partial charge in [0.05, 0.1) is 12.7 Å². The minimum atomic E-state index is -0.513. The lowest BCUT2D eigenvalue weighted by Crippen LogP contribution is -2.46. The van der Waals surface area contributed by atoms with Crippen molar-refractivity contribution >= 4 is 35.1 Å². The minimum Gasteiger partial charge on any atom is -0.465 e. The molecule has 54 heavy (non-hydrogen) atoms. The van der Waals surface area contributed by atoms with Gasteiger partial charge in [0.15, 0.2) is 0 Å². The lowest BCUT2D eigenvalue weighted by Gasteiger charge is -2.42. The summed E-state index contributed by atoms with van der Waals surface area (Å²) in [6.07, 6.45) is 2.66. The van der Waals surface area contributed by atoms with E-state index in [1.807, 2.05) is 84.9 Å². The number of rotatable bonds is 12. The molecule has 2 saturated heterocycles. The molecule has 2 heterocycles. The number of hydrogen-bond donors (Lipinski definition) is 2. The Morgan fingerprint density at radius 2 is 1.09 bits per heavy atom. The quantitative estimate of drug-likeness (QED) is 0.140. The van der Waals surface area contributed by atoms with Gasteiger partial charge in [0.1, 0.15) is 12.7 Å². The first-order chi connectivity index (χ1) is 26.0. The highest BCUT2D eigenvalue weighted by molar-refractivity contribution is 6.30. The molecular formula is C44H52Cl2N2O6. The molecule has 0 amide bonds. The molecule has 0 spiro atoms. The number of benzene rings is 4. The van der Waals surface area contributed by atoms with Gasteiger partial charge in [-0.1, -0.05) is 108 Å². The van der Waals surface area contributed by atoms with Crippen molar-refractivity contribution in [3.05, 3.63) is 141 Å². The molecule has 8 nitrogen and oxygen atoms in total. The van der Waals surface area contributed by atoms with E-state index in [1.54, 1.807) is 0 Å². The zero-order valence-corrected chi connectivity index (χ0v) is 32.7. The molecule has 0 aliphatic carbocycles. The largest absolute Gasteiger partial charge is 0.465 e. The molecule has 0 radical (unpaired) electrons. The third kappa shape index (κ3) is 11.4. The van der Waals surface area contributed by atoms with Gasteiger partial charge in [-0.15, -0.1) is 0 Å². The number of ether oxygens (including phenoxy) is 2. The third-order valence-electron chi connectivity index (χ3n) is 10.9. The highest BCUT2D eigenvalue weighted by atomic mass is 35.5. The second-order valence-electron chi connectivity index (χ2n) is 14.5. The molecule has 6 rings (SSSR count). The van der Waals surface area contributed by atoms with Crippen molar-refractivity contribution in [2.24, 2.45) is 0 Å². The lowest BCUT2D eigenvalue weighted by molar-refractivity contribution is -0.148. The molecule has 2 atom stereocenters. The first-order valence-electron chi connectivity index (χ1n) is 18.7. The molecule has 2 N–H and O–H groups in total. The molecule has 0 bridgehead atoms. The molecule has 2 unspecified atom stereocenters. The third-order valence-corrected chi connectivity index (χ3v) is 11.4. The molecule has 2 fully saturated rings. The first-order valence-corrected chi connectivity index (χ1v) is 19.4. The summed E-state index contributed by atoms with van der Waals surface area (Å²) in [5.41, 5.74) is 3.88. The van der Waals surface area contributed by atoms with Crippen LogP contribution in [0.2, 0.25) is 10.0 Å². The maximum atomic E-state index is 11.7. The fraction of sp³-hybridized carbons (Fsp3) is 0.409. The van der Waals surface area contributed by atoms with Crippen molar-refractivity contribution in [1.82, 2.24) is 9.80 Å². The summed E-state index contributed by atoms with van der Waals surface area (Å²) in [4.78, 5) is 27.7. The van der Waals surface area contributed by atoms with Crippen molar-refractivity contribution in [2.45, 2.75) is 62.6 Å². The van der Waals surface area contributed by atoms with Gasteiger partial charge in [0, 0.05) is 47.8 Å². The van der Waals surface area contributed by atoms with E-state index in [0.29, 0.717) is 29.7 Å². The van der Waals surface area contributed by atoms with E-state index in [4.69, 9.17) is 32.7 Å². The number of β-amino-alcohol motifs (C(OH)–C–C–N with tert-alkyl or cyclic N) is 1. The topological polar surface area (TPSA) is 99.5 Å². The SMILES string of the molecule is CC(=O)OCC1(c2ccccc2)CCN(CC(OC(C)=O)c2ccc(Cl)cc2)CC1.OCC1(c2ccccc2)CCN(CC(O)c2ccc(Cl)cc2)CC1. The van der Waals surface area contributed by atoms with Crippen LogP contribution in [0.4, 0.5) is 0 Å². The van der Waals surface area contributed by atoms with Gasteiger partial charge in [-0.05, 0) is 98.4 Å². The Labute approximate surface area is 329 Å². The molecule has 288 valence electrons. The van der Waals surface area contributed by atoms with E-state index in [1.165, 1.54) is 25.0 Å². The van der Waals surface area contributed by atoms with Crippen LogP contribution in [0.3, 0.4) is 0 Å². The zero-order chi connectivity index (χ0) is 38.6. The minimum absolute atomic E-state index is 0.150. The van der Waals surface area contributed by atoms with Crippen molar-refractivity contribution in [3.8, 4) is 0 Å². The summed E-state index contributed by atoms with van der Waals surface area (Å²) in [6.45, 7) is 8.04. The number of carbonyl (C=O) groups excluding carboxylic acids is 2. The van der Waals surface area contributed by atoms with Gasteiger partial charge in [-0.25, -0.2) is 0 Å². The Balaban J connectivity index is 0.000000213. The Bertz CT molecular complexity index is 1740. The van der Waals surface area contributed by atoms with Crippen LogP contribution in [-0.4, -0.2) is 84.4 Å². The zero-order valence-electron chi connectivity index (χ0n) is 31.2. The summed E-state index contributed by atoms with van der Waals surface area (Å²) in [6, 6.07) is 35.3. The second kappa shape index (κ2) is 19.7. The fourth-order valence-corrected chi connectivity index (χ4v) is 7.81. The number of aliphatic hydroxyl groups is 2. The Hall–Kier alpha value is -3.76. The average molecular weight is 776 g/mol.